The van der Waals surface area contributed by atoms with Crippen molar-refractivity contribution in [1.82, 2.24) is 4.90 Å². The van der Waals surface area contributed by atoms with Gasteiger partial charge < -0.3 is 10.6 Å². The van der Waals surface area contributed by atoms with Crippen LogP contribution in [0, 0.1) is 11.3 Å². The van der Waals surface area contributed by atoms with Gasteiger partial charge in [0.15, 0.2) is 9.84 Å². The summed E-state index contributed by atoms with van der Waals surface area (Å²) in [5.41, 5.74) is 5.91. The van der Waals surface area contributed by atoms with Gasteiger partial charge in [0.2, 0.25) is 0 Å². The van der Waals surface area contributed by atoms with Gasteiger partial charge in [-0.1, -0.05) is 19.1 Å². The Morgan fingerprint density at radius 2 is 1.95 bits per heavy atom. The normalized spacial score (nSPS) is 15.3. The molecule has 0 aromatic heterocycles. The Kier molecular flexibility index (Phi) is 5.00. The van der Waals surface area contributed by atoms with Crippen molar-refractivity contribution in [3.63, 3.8) is 0 Å². The topological polar surface area (TPSA) is 87.2 Å². The number of nitrogens with zero attached hydrogens (tertiary/aromatic N) is 1. The van der Waals surface area contributed by atoms with E-state index in [1.54, 1.807) is 12.1 Å². The Balaban J connectivity index is 1.98. The van der Waals surface area contributed by atoms with Gasteiger partial charge >= 0.3 is 0 Å². The maximum atomic E-state index is 12.3. The van der Waals surface area contributed by atoms with Gasteiger partial charge in [-0.15, -0.1) is 0 Å². The highest BCUT2D eigenvalue weighted by Crippen LogP contribution is 2.29. The lowest BCUT2D eigenvalue weighted by atomic mass is 10.2. The van der Waals surface area contributed by atoms with Crippen molar-refractivity contribution in [1.29, 1.82) is 5.41 Å². The van der Waals surface area contributed by atoms with E-state index >= 15 is 0 Å². The molecule has 0 bridgehead atoms. The molecule has 0 amide bonds. The number of benzene rings is 1. The van der Waals surface area contributed by atoms with E-state index in [1.165, 1.54) is 25.0 Å². The molecule has 21 heavy (non-hydrogen) atoms. The Morgan fingerprint density at radius 1 is 1.33 bits per heavy atom. The van der Waals surface area contributed by atoms with Gasteiger partial charge in [-0.05, 0) is 37.4 Å². The minimum absolute atomic E-state index is 0.0551. The zero-order chi connectivity index (χ0) is 15.5. The van der Waals surface area contributed by atoms with Crippen LogP contribution in [0.5, 0.6) is 0 Å². The lowest BCUT2D eigenvalue weighted by Crippen LogP contribution is -2.31. The Bertz CT molecular complexity index is 592. The summed E-state index contributed by atoms with van der Waals surface area (Å²) in [5, 5.41) is 7.32. The molecule has 2 rings (SSSR count). The van der Waals surface area contributed by atoms with Crippen LogP contribution >= 0.6 is 0 Å². The first kappa shape index (κ1) is 16.0. The molecule has 1 aliphatic carbocycles. The Hall–Kier alpha value is -1.40. The van der Waals surface area contributed by atoms with Crippen molar-refractivity contribution < 1.29 is 8.42 Å². The van der Waals surface area contributed by atoms with Crippen molar-refractivity contribution in [2.45, 2.75) is 24.7 Å². The monoisotopic (exact) mass is 309 g/mol. The average Bonchev–Trinajstić information content (AvgIpc) is 3.27. The van der Waals surface area contributed by atoms with E-state index in [0.717, 1.165) is 19.0 Å². The fourth-order valence-corrected chi connectivity index (χ4v) is 3.54. The van der Waals surface area contributed by atoms with Crippen LogP contribution in [0.3, 0.4) is 0 Å². The summed E-state index contributed by atoms with van der Waals surface area (Å²) in [7, 11) is -3.28. The van der Waals surface area contributed by atoms with Gasteiger partial charge in [-0.3, -0.25) is 5.41 Å². The molecule has 1 saturated carbocycles. The number of nitrogens with two attached hydrogens (primary N) is 1. The lowest BCUT2D eigenvalue weighted by molar-refractivity contribution is 0.292. The molecule has 6 heteroatoms. The first-order valence-corrected chi connectivity index (χ1v) is 8.97. The maximum absolute atomic E-state index is 12.3. The molecule has 1 aromatic rings. The summed E-state index contributed by atoms with van der Waals surface area (Å²) in [6.45, 7) is 4.53. The van der Waals surface area contributed by atoms with Crippen LogP contribution in [0.25, 0.3) is 0 Å². The van der Waals surface area contributed by atoms with E-state index < -0.39 is 9.84 Å². The fraction of sp³-hybridized carbons (Fsp3) is 0.533. The van der Waals surface area contributed by atoms with Crippen molar-refractivity contribution in [2.24, 2.45) is 11.7 Å². The smallest absolute Gasteiger partial charge is 0.179 e. The molecule has 1 aliphatic rings. The van der Waals surface area contributed by atoms with E-state index in [1.807, 2.05) is 0 Å². The molecule has 0 heterocycles. The summed E-state index contributed by atoms with van der Waals surface area (Å²) in [4.78, 5) is 2.51. The molecule has 1 aromatic carbocycles. The number of rotatable bonds is 8. The molecule has 3 N–H and O–H groups in total. The number of amidine groups is 1. The lowest BCUT2D eigenvalue weighted by Gasteiger charge is -2.19. The van der Waals surface area contributed by atoms with Crippen LogP contribution in [-0.2, 0) is 9.84 Å². The molecule has 0 aliphatic heterocycles. The van der Waals surface area contributed by atoms with Gasteiger partial charge in [-0.25, -0.2) is 8.42 Å². The highest BCUT2D eigenvalue weighted by molar-refractivity contribution is 7.91. The molecule has 0 unspecified atom stereocenters. The van der Waals surface area contributed by atoms with E-state index in [4.69, 9.17) is 11.1 Å². The molecule has 5 nitrogen and oxygen atoms in total. The zero-order valence-corrected chi connectivity index (χ0v) is 13.2. The number of nitrogens with one attached hydrogen (secondary N) is 1. The fourth-order valence-electron chi connectivity index (χ4n) is 2.25. The predicted octanol–water partition coefficient (Wildman–Crippen LogP) is 1.48. The van der Waals surface area contributed by atoms with Gasteiger partial charge in [0.1, 0.15) is 5.84 Å². The van der Waals surface area contributed by atoms with Crippen molar-refractivity contribution in [2.75, 3.05) is 25.4 Å². The predicted molar refractivity (Wildman–Crippen MR) is 84.3 cm³/mol. The van der Waals surface area contributed by atoms with Gasteiger partial charge in [0, 0.05) is 18.7 Å². The minimum Gasteiger partial charge on any atom is -0.384 e. The van der Waals surface area contributed by atoms with Crippen LogP contribution in [0.4, 0.5) is 0 Å². The van der Waals surface area contributed by atoms with Gasteiger partial charge in [-0.2, -0.15) is 0 Å². The zero-order valence-electron chi connectivity index (χ0n) is 12.4. The first-order valence-electron chi connectivity index (χ1n) is 7.32. The maximum Gasteiger partial charge on any atom is 0.179 e. The van der Waals surface area contributed by atoms with E-state index in [0.29, 0.717) is 17.0 Å². The second-order valence-electron chi connectivity index (χ2n) is 5.59. The molecule has 0 saturated heterocycles. The summed E-state index contributed by atoms with van der Waals surface area (Å²) in [5.74, 6) is 0.843. The third-order valence-electron chi connectivity index (χ3n) is 3.86. The average molecular weight is 309 g/mol. The Morgan fingerprint density at radius 3 is 2.43 bits per heavy atom. The molecule has 0 atom stereocenters. The van der Waals surface area contributed by atoms with Crippen LogP contribution in [0.2, 0.25) is 0 Å². The number of sulfone groups is 1. The SMILES string of the molecule is CCN(CCS(=O)(=O)c1ccc(C(=N)N)cc1)CC1CC1. The molecule has 116 valence electrons. The van der Waals surface area contributed by atoms with Gasteiger partial charge in [0.25, 0.3) is 0 Å². The standard InChI is InChI=1S/C15H23N3O2S/c1-2-18(11-12-3-4-12)9-10-21(19,20)14-7-5-13(6-8-14)15(16)17/h5-8,12H,2-4,9-11H2,1H3,(H3,16,17). The second kappa shape index (κ2) is 6.58. The third-order valence-corrected chi connectivity index (χ3v) is 5.57. The molecular weight excluding hydrogens is 286 g/mol. The van der Waals surface area contributed by atoms with Crippen molar-refractivity contribution >= 4 is 15.7 Å². The molecule has 0 spiro atoms. The molecular formula is C15H23N3O2S. The van der Waals surface area contributed by atoms with Crippen LogP contribution in [0.15, 0.2) is 29.2 Å². The molecule has 1 fully saturated rings. The van der Waals surface area contributed by atoms with Crippen LogP contribution in [0.1, 0.15) is 25.3 Å². The summed E-state index contributed by atoms with van der Waals surface area (Å²) in [6.07, 6.45) is 2.55. The molecule has 0 radical (unpaired) electrons. The summed E-state index contributed by atoms with van der Waals surface area (Å²) in [6, 6.07) is 6.22. The summed E-state index contributed by atoms with van der Waals surface area (Å²) < 4.78 is 24.6. The number of hydrogen-bond donors (Lipinski definition) is 2. The third kappa shape index (κ3) is 4.54. The van der Waals surface area contributed by atoms with E-state index in [9.17, 15) is 8.42 Å². The Labute approximate surface area is 126 Å². The highest BCUT2D eigenvalue weighted by Gasteiger charge is 2.24. The largest absolute Gasteiger partial charge is 0.384 e. The quantitative estimate of drug-likeness (QED) is 0.562. The summed E-state index contributed by atoms with van der Waals surface area (Å²) >= 11 is 0. The van der Waals surface area contributed by atoms with E-state index in [-0.39, 0.29) is 11.6 Å². The first-order chi connectivity index (χ1) is 9.92. The number of nitrogen functional groups attached to an aromatic ring is 1. The number of hydrogen-bond acceptors (Lipinski definition) is 4. The van der Waals surface area contributed by atoms with Crippen LogP contribution < -0.4 is 5.73 Å². The van der Waals surface area contributed by atoms with E-state index in [2.05, 4.69) is 11.8 Å². The van der Waals surface area contributed by atoms with Crippen molar-refractivity contribution in [3.05, 3.63) is 29.8 Å². The van der Waals surface area contributed by atoms with Crippen molar-refractivity contribution in [3.8, 4) is 0 Å². The van der Waals surface area contributed by atoms with Gasteiger partial charge in [0.05, 0.1) is 10.6 Å². The van der Waals surface area contributed by atoms with Crippen LogP contribution in [-0.4, -0.2) is 44.5 Å². The second-order valence-corrected chi connectivity index (χ2v) is 7.70. The highest BCUT2D eigenvalue weighted by atomic mass is 32.2. The minimum atomic E-state index is -3.28.